The van der Waals surface area contributed by atoms with E-state index in [1.807, 2.05) is 12.1 Å². The third-order valence-corrected chi connectivity index (χ3v) is 2.33. The van der Waals surface area contributed by atoms with Gasteiger partial charge in [0.25, 0.3) is 5.56 Å². The standard InChI is InChI=1S/C9H12N2O/c10-7-4-5-8-2-1-3-9(12)11(8)6-7/h1-3,7H,4-6,10H2. The van der Waals surface area contributed by atoms with E-state index in [0.717, 1.165) is 18.5 Å². The molecule has 1 atom stereocenters. The highest BCUT2D eigenvalue weighted by Gasteiger charge is 2.14. The second-order valence-corrected chi connectivity index (χ2v) is 3.26. The summed E-state index contributed by atoms with van der Waals surface area (Å²) in [4.78, 5) is 11.3. The van der Waals surface area contributed by atoms with E-state index < -0.39 is 0 Å². The molecule has 0 radical (unpaired) electrons. The van der Waals surface area contributed by atoms with E-state index in [1.54, 1.807) is 10.6 Å². The molecule has 0 bridgehead atoms. The van der Waals surface area contributed by atoms with E-state index in [4.69, 9.17) is 5.73 Å². The molecule has 1 unspecified atom stereocenters. The van der Waals surface area contributed by atoms with Gasteiger partial charge in [-0.25, -0.2) is 0 Å². The fourth-order valence-corrected chi connectivity index (χ4v) is 1.65. The molecule has 2 rings (SSSR count). The Balaban J connectivity index is 2.50. The molecule has 1 aromatic rings. The molecule has 2 N–H and O–H groups in total. The number of nitrogens with zero attached hydrogens (tertiary/aromatic N) is 1. The lowest BCUT2D eigenvalue weighted by Crippen LogP contribution is -2.37. The van der Waals surface area contributed by atoms with Gasteiger partial charge in [-0.15, -0.1) is 0 Å². The van der Waals surface area contributed by atoms with Gasteiger partial charge < -0.3 is 10.3 Å². The minimum absolute atomic E-state index is 0.0719. The maximum absolute atomic E-state index is 11.3. The van der Waals surface area contributed by atoms with Crippen molar-refractivity contribution >= 4 is 0 Å². The number of pyridine rings is 1. The molecule has 0 fully saturated rings. The summed E-state index contributed by atoms with van der Waals surface area (Å²) < 4.78 is 1.77. The van der Waals surface area contributed by atoms with Gasteiger partial charge in [-0.3, -0.25) is 4.79 Å². The van der Waals surface area contributed by atoms with Gasteiger partial charge in [-0.05, 0) is 18.9 Å². The van der Waals surface area contributed by atoms with Gasteiger partial charge in [-0.2, -0.15) is 0 Å². The molecule has 1 aromatic heterocycles. The van der Waals surface area contributed by atoms with E-state index in [0.29, 0.717) is 6.54 Å². The molecule has 0 saturated carbocycles. The van der Waals surface area contributed by atoms with Crippen molar-refractivity contribution in [3.63, 3.8) is 0 Å². The van der Waals surface area contributed by atoms with Crippen LogP contribution in [0.3, 0.4) is 0 Å². The van der Waals surface area contributed by atoms with E-state index >= 15 is 0 Å². The Hall–Kier alpha value is -1.09. The molecule has 0 aromatic carbocycles. The summed E-state index contributed by atoms with van der Waals surface area (Å²) in [6.45, 7) is 0.676. The van der Waals surface area contributed by atoms with Crippen LogP contribution >= 0.6 is 0 Å². The number of fused-ring (bicyclic) bond motifs is 1. The second-order valence-electron chi connectivity index (χ2n) is 3.26. The summed E-state index contributed by atoms with van der Waals surface area (Å²) >= 11 is 0. The summed E-state index contributed by atoms with van der Waals surface area (Å²) in [5.41, 5.74) is 6.95. The Kier molecular flexibility index (Phi) is 1.73. The maximum Gasteiger partial charge on any atom is 0.250 e. The zero-order valence-electron chi connectivity index (χ0n) is 6.86. The smallest absolute Gasteiger partial charge is 0.250 e. The van der Waals surface area contributed by atoms with E-state index in [-0.39, 0.29) is 11.6 Å². The van der Waals surface area contributed by atoms with Crippen molar-refractivity contribution in [1.29, 1.82) is 0 Å². The van der Waals surface area contributed by atoms with Crippen LogP contribution in [0.4, 0.5) is 0 Å². The van der Waals surface area contributed by atoms with Crippen LogP contribution in [0.1, 0.15) is 12.1 Å². The highest BCUT2D eigenvalue weighted by Crippen LogP contribution is 2.09. The first-order valence-electron chi connectivity index (χ1n) is 4.21. The molecule has 0 spiro atoms. The lowest BCUT2D eigenvalue weighted by Gasteiger charge is -2.22. The van der Waals surface area contributed by atoms with Crippen LogP contribution < -0.4 is 11.3 Å². The average molecular weight is 164 g/mol. The first kappa shape index (κ1) is 7.55. The van der Waals surface area contributed by atoms with Crippen LogP contribution in [0.5, 0.6) is 0 Å². The van der Waals surface area contributed by atoms with Crippen LogP contribution in [0.15, 0.2) is 23.0 Å². The molecule has 0 aliphatic carbocycles. The Morgan fingerprint density at radius 2 is 2.33 bits per heavy atom. The molecule has 3 nitrogen and oxygen atoms in total. The molecule has 3 heteroatoms. The molecule has 0 amide bonds. The van der Waals surface area contributed by atoms with Crippen molar-refractivity contribution in [3.8, 4) is 0 Å². The number of hydrogen-bond donors (Lipinski definition) is 1. The van der Waals surface area contributed by atoms with Crippen molar-refractivity contribution in [2.45, 2.75) is 25.4 Å². The molecular formula is C9H12N2O. The van der Waals surface area contributed by atoms with E-state index in [1.165, 1.54) is 0 Å². The van der Waals surface area contributed by atoms with E-state index in [9.17, 15) is 4.79 Å². The van der Waals surface area contributed by atoms with Crippen molar-refractivity contribution in [1.82, 2.24) is 4.57 Å². The number of hydrogen-bond acceptors (Lipinski definition) is 2. The average Bonchev–Trinajstić information content (AvgIpc) is 2.07. The normalized spacial score (nSPS) is 21.9. The van der Waals surface area contributed by atoms with Gasteiger partial charge in [0.05, 0.1) is 0 Å². The molecule has 1 aliphatic rings. The highest BCUT2D eigenvalue weighted by molar-refractivity contribution is 5.09. The Morgan fingerprint density at radius 3 is 3.17 bits per heavy atom. The van der Waals surface area contributed by atoms with Crippen molar-refractivity contribution in [2.24, 2.45) is 5.73 Å². The monoisotopic (exact) mass is 164 g/mol. The number of rotatable bonds is 0. The van der Waals surface area contributed by atoms with Gasteiger partial charge in [-0.1, -0.05) is 6.07 Å². The van der Waals surface area contributed by atoms with Gasteiger partial charge >= 0.3 is 0 Å². The number of nitrogens with two attached hydrogens (primary N) is 1. The first-order chi connectivity index (χ1) is 5.77. The zero-order valence-corrected chi connectivity index (χ0v) is 6.86. The van der Waals surface area contributed by atoms with Crippen LogP contribution in [-0.4, -0.2) is 10.6 Å². The zero-order chi connectivity index (χ0) is 8.55. The topological polar surface area (TPSA) is 48.0 Å². The van der Waals surface area contributed by atoms with Crippen LogP contribution in [-0.2, 0) is 13.0 Å². The van der Waals surface area contributed by atoms with Gasteiger partial charge in [0.2, 0.25) is 0 Å². The lowest BCUT2D eigenvalue weighted by atomic mass is 10.1. The first-order valence-corrected chi connectivity index (χ1v) is 4.21. The summed E-state index contributed by atoms with van der Waals surface area (Å²) in [5, 5.41) is 0. The van der Waals surface area contributed by atoms with Gasteiger partial charge in [0, 0.05) is 24.3 Å². The minimum atomic E-state index is 0.0719. The summed E-state index contributed by atoms with van der Waals surface area (Å²) in [5.74, 6) is 0. The highest BCUT2D eigenvalue weighted by atomic mass is 16.1. The van der Waals surface area contributed by atoms with Gasteiger partial charge in [0.15, 0.2) is 0 Å². The van der Waals surface area contributed by atoms with Crippen LogP contribution in [0, 0.1) is 0 Å². The largest absolute Gasteiger partial charge is 0.326 e. The summed E-state index contributed by atoms with van der Waals surface area (Å²) in [7, 11) is 0. The Labute approximate surface area is 70.8 Å². The lowest BCUT2D eigenvalue weighted by molar-refractivity contribution is 0.447. The van der Waals surface area contributed by atoms with Crippen LogP contribution in [0.25, 0.3) is 0 Å². The summed E-state index contributed by atoms with van der Waals surface area (Å²) in [6.07, 6.45) is 1.92. The van der Waals surface area contributed by atoms with Crippen LogP contribution in [0.2, 0.25) is 0 Å². The Morgan fingerprint density at radius 1 is 1.50 bits per heavy atom. The fraction of sp³-hybridized carbons (Fsp3) is 0.444. The predicted molar refractivity (Wildman–Crippen MR) is 47.0 cm³/mol. The molecule has 12 heavy (non-hydrogen) atoms. The molecular weight excluding hydrogens is 152 g/mol. The van der Waals surface area contributed by atoms with Crippen molar-refractivity contribution < 1.29 is 0 Å². The van der Waals surface area contributed by atoms with Gasteiger partial charge in [0.1, 0.15) is 0 Å². The second kappa shape index (κ2) is 2.75. The van der Waals surface area contributed by atoms with Crippen molar-refractivity contribution in [3.05, 3.63) is 34.2 Å². The Bertz CT molecular complexity index is 343. The predicted octanol–water partition coefficient (Wildman–Crippen LogP) is 0.122. The minimum Gasteiger partial charge on any atom is -0.326 e. The number of aryl methyl sites for hydroxylation is 1. The summed E-state index contributed by atoms with van der Waals surface area (Å²) in [6, 6.07) is 5.54. The maximum atomic E-state index is 11.3. The third kappa shape index (κ3) is 1.16. The number of aromatic nitrogens is 1. The molecule has 2 heterocycles. The SMILES string of the molecule is NC1CCc2cccc(=O)n2C1. The quantitative estimate of drug-likeness (QED) is 0.592. The molecule has 1 aliphatic heterocycles. The van der Waals surface area contributed by atoms with E-state index in [2.05, 4.69) is 0 Å². The van der Waals surface area contributed by atoms with Crippen molar-refractivity contribution in [2.75, 3.05) is 0 Å². The fourth-order valence-electron chi connectivity index (χ4n) is 1.65. The molecule has 64 valence electrons. The third-order valence-electron chi connectivity index (χ3n) is 2.33. The molecule has 0 saturated heterocycles.